The van der Waals surface area contributed by atoms with Crippen molar-refractivity contribution in [2.45, 2.75) is 64.8 Å². The summed E-state index contributed by atoms with van der Waals surface area (Å²) < 4.78 is 0. The van der Waals surface area contributed by atoms with Gasteiger partial charge in [0, 0.05) is 6.04 Å². The molecule has 14 heavy (non-hydrogen) atoms. The van der Waals surface area contributed by atoms with Crippen LogP contribution in [0.1, 0.15) is 58.8 Å². The summed E-state index contributed by atoms with van der Waals surface area (Å²) in [5.41, 5.74) is 0. The van der Waals surface area contributed by atoms with E-state index in [0.29, 0.717) is 0 Å². The quantitative estimate of drug-likeness (QED) is 0.586. The standard InChI is InChI=1S/C13H27N/c1-4-5-6-7-8-13(14-3)11(2)12-9-10-12/h11-14H,4-10H2,1-3H3. The van der Waals surface area contributed by atoms with Crippen LogP contribution < -0.4 is 5.32 Å². The van der Waals surface area contributed by atoms with E-state index in [0.717, 1.165) is 17.9 Å². The van der Waals surface area contributed by atoms with Crippen molar-refractivity contribution in [2.75, 3.05) is 7.05 Å². The molecule has 1 rings (SSSR count). The highest BCUT2D eigenvalue weighted by Crippen LogP contribution is 2.39. The van der Waals surface area contributed by atoms with Crippen molar-refractivity contribution in [3.63, 3.8) is 0 Å². The zero-order valence-electron chi connectivity index (χ0n) is 10.2. The Morgan fingerprint density at radius 2 is 1.93 bits per heavy atom. The molecule has 84 valence electrons. The molecule has 1 aliphatic rings. The van der Waals surface area contributed by atoms with Crippen LogP contribution in [-0.2, 0) is 0 Å². The lowest BCUT2D eigenvalue weighted by molar-refractivity contribution is 0.332. The highest BCUT2D eigenvalue weighted by molar-refractivity contribution is 4.85. The SMILES string of the molecule is CCCCCCC(NC)C(C)C1CC1. The Labute approximate surface area is 89.7 Å². The van der Waals surface area contributed by atoms with E-state index in [4.69, 9.17) is 0 Å². The lowest BCUT2D eigenvalue weighted by Crippen LogP contribution is -2.33. The van der Waals surface area contributed by atoms with Gasteiger partial charge in [-0.25, -0.2) is 0 Å². The van der Waals surface area contributed by atoms with E-state index in [-0.39, 0.29) is 0 Å². The monoisotopic (exact) mass is 197 g/mol. The average molecular weight is 197 g/mol. The summed E-state index contributed by atoms with van der Waals surface area (Å²) in [6.45, 7) is 4.71. The molecule has 0 amide bonds. The van der Waals surface area contributed by atoms with Crippen LogP contribution in [0, 0.1) is 11.8 Å². The van der Waals surface area contributed by atoms with Crippen LogP contribution in [0.25, 0.3) is 0 Å². The number of unbranched alkanes of at least 4 members (excludes halogenated alkanes) is 3. The minimum absolute atomic E-state index is 0.777. The fourth-order valence-electron chi connectivity index (χ4n) is 2.41. The second-order valence-electron chi connectivity index (χ2n) is 4.94. The third-order valence-corrected chi connectivity index (χ3v) is 3.74. The molecule has 1 saturated carbocycles. The molecule has 0 aliphatic heterocycles. The van der Waals surface area contributed by atoms with Gasteiger partial charge >= 0.3 is 0 Å². The van der Waals surface area contributed by atoms with Gasteiger partial charge in [-0.15, -0.1) is 0 Å². The minimum atomic E-state index is 0.777. The van der Waals surface area contributed by atoms with E-state index in [9.17, 15) is 0 Å². The first-order valence-corrected chi connectivity index (χ1v) is 6.46. The predicted molar refractivity (Wildman–Crippen MR) is 63.5 cm³/mol. The van der Waals surface area contributed by atoms with Crippen LogP contribution in [0.5, 0.6) is 0 Å². The molecule has 0 spiro atoms. The number of nitrogens with one attached hydrogen (secondary N) is 1. The fourth-order valence-corrected chi connectivity index (χ4v) is 2.41. The van der Waals surface area contributed by atoms with Gasteiger partial charge in [0.2, 0.25) is 0 Å². The molecule has 1 fully saturated rings. The Balaban J connectivity index is 2.10. The molecule has 2 unspecified atom stereocenters. The molecule has 1 N–H and O–H groups in total. The first-order valence-electron chi connectivity index (χ1n) is 6.46. The smallest absolute Gasteiger partial charge is 0.00923 e. The summed E-state index contributed by atoms with van der Waals surface area (Å²) in [5.74, 6) is 1.94. The normalized spacial score (nSPS) is 20.8. The summed E-state index contributed by atoms with van der Waals surface area (Å²) in [6.07, 6.45) is 9.94. The molecule has 0 aromatic rings. The van der Waals surface area contributed by atoms with Crippen LogP contribution >= 0.6 is 0 Å². The Bertz CT molecular complexity index is 140. The Morgan fingerprint density at radius 1 is 1.21 bits per heavy atom. The molecule has 0 heterocycles. The zero-order chi connectivity index (χ0) is 10.4. The molecule has 1 nitrogen and oxygen atoms in total. The van der Waals surface area contributed by atoms with Crippen LogP contribution in [0.4, 0.5) is 0 Å². The summed E-state index contributed by atoms with van der Waals surface area (Å²) in [5, 5.41) is 3.50. The van der Waals surface area contributed by atoms with Gasteiger partial charge in [0.15, 0.2) is 0 Å². The van der Waals surface area contributed by atoms with Crippen molar-refractivity contribution in [1.82, 2.24) is 5.32 Å². The molecular formula is C13H27N. The highest BCUT2D eigenvalue weighted by Gasteiger charge is 2.32. The van der Waals surface area contributed by atoms with Crippen LogP contribution in [-0.4, -0.2) is 13.1 Å². The third kappa shape index (κ3) is 4.00. The van der Waals surface area contributed by atoms with E-state index in [1.54, 1.807) is 0 Å². The van der Waals surface area contributed by atoms with Gasteiger partial charge in [-0.1, -0.05) is 39.5 Å². The van der Waals surface area contributed by atoms with Gasteiger partial charge in [0.05, 0.1) is 0 Å². The summed E-state index contributed by atoms with van der Waals surface area (Å²) in [4.78, 5) is 0. The van der Waals surface area contributed by atoms with Gasteiger partial charge in [-0.3, -0.25) is 0 Å². The summed E-state index contributed by atoms with van der Waals surface area (Å²) in [6, 6.07) is 0.777. The molecule has 0 aromatic carbocycles. The summed E-state index contributed by atoms with van der Waals surface area (Å²) in [7, 11) is 2.13. The molecular weight excluding hydrogens is 170 g/mol. The van der Waals surface area contributed by atoms with E-state index < -0.39 is 0 Å². The van der Waals surface area contributed by atoms with Gasteiger partial charge < -0.3 is 5.32 Å². The maximum atomic E-state index is 3.50. The average Bonchev–Trinajstić information content (AvgIpc) is 3.00. The maximum Gasteiger partial charge on any atom is 0.00923 e. The third-order valence-electron chi connectivity index (χ3n) is 3.74. The van der Waals surface area contributed by atoms with E-state index in [1.165, 1.54) is 44.9 Å². The van der Waals surface area contributed by atoms with E-state index in [1.807, 2.05) is 0 Å². The summed E-state index contributed by atoms with van der Waals surface area (Å²) >= 11 is 0. The number of hydrogen-bond acceptors (Lipinski definition) is 1. The molecule has 0 aromatic heterocycles. The van der Waals surface area contributed by atoms with Gasteiger partial charge in [0.25, 0.3) is 0 Å². The molecule has 2 atom stereocenters. The minimum Gasteiger partial charge on any atom is -0.317 e. The van der Waals surface area contributed by atoms with Crippen molar-refractivity contribution in [1.29, 1.82) is 0 Å². The first kappa shape index (κ1) is 12.0. The molecule has 1 aliphatic carbocycles. The second-order valence-corrected chi connectivity index (χ2v) is 4.94. The topological polar surface area (TPSA) is 12.0 Å². The zero-order valence-corrected chi connectivity index (χ0v) is 10.2. The van der Waals surface area contributed by atoms with Crippen LogP contribution in [0.3, 0.4) is 0 Å². The van der Waals surface area contributed by atoms with E-state index in [2.05, 4.69) is 26.2 Å². The van der Waals surface area contributed by atoms with Crippen molar-refractivity contribution in [2.24, 2.45) is 11.8 Å². The highest BCUT2D eigenvalue weighted by atomic mass is 14.9. The predicted octanol–water partition coefficient (Wildman–Crippen LogP) is 3.59. The molecule has 1 heteroatoms. The van der Waals surface area contributed by atoms with Gasteiger partial charge in [-0.05, 0) is 38.1 Å². The van der Waals surface area contributed by atoms with Gasteiger partial charge in [0.1, 0.15) is 0 Å². The van der Waals surface area contributed by atoms with Crippen LogP contribution in [0.15, 0.2) is 0 Å². The van der Waals surface area contributed by atoms with Gasteiger partial charge in [-0.2, -0.15) is 0 Å². The largest absolute Gasteiger partial charge is 0.317 e. The maximum absolute atomic E-state index is 3.50. The fraction of sp³-hybridized carbons (Fsp3) is 1.00. The molecule has 0 saturated heterocycles. The van der Waals surface area contributed by atoms with E-state index >= 15 is 0 Å². The second kappa shape index (κ2) is 6.44. The molecule has 0 radical (unpaired) electrons. The van der Waals surface area contributed by atoms with Crippen molar-refractivity contribution >= 4 is 0 Å². The number of rotatable bonds is 8. The lowest BCUT2D eigenvalue weighted by Gasteiger charge is -2.23. The number of hydrogen-bond donors (Lipinski definition) is 1. The molecule has 0 bridgehead atoms. The van der Waals surface area contributed by atoms with Crippen molar-refractivity contribution in [3.05, 3.63) is 0 Å². The Kier molecular flexibility index (Phi) is 5.54. The Hall–Kier alpha value is -0.0400. The van der Waals surface area contributed by atoms with Crippen molar-refractivity contribution < 1.29 is 0 Å². The van der Waals surface area contributed by atoms with Crippen molar-refractivity contribution in [3.8, 4) is 0 Å². The first-order chi connectivity index (χ1) is 6.79. The lowest BCUT2D eigenvalue weighted by atomic mass is 9.92. The Morgan fingerprint density at radius 3 is 2.43 bits per heavy atom. The van der Waals surface area contributed by atoms with Crippen LogP contribution in [0.2, 0.25) is 0 Å².